The second-order valence-electron chi connectivity index (χ2n) is 3.44. The van der Waals surface area contributed by atoms with E-state index >= 15 is 0 Å². The first kappa shape index (κ1) is 8.95. The third kappa shape index (κ3) is 1.53. The summed E-state index contributed by atoms with van der Waals surface area (Å²) in [5, 5.41) is 0. The Morgan fingerprint density at radius 3 is 2.43 bits per heavy atom. The van der Waals surface area contributed by atoms with Crippen molar-refractivity contribution < 1.29 is 0 Å². The summed E-state index contributed by atoms with van der Waals surface area (Å²) < 4.78 is 0. The van der Waals surface area contributed by atoms with Gasteiger partial charge in [0, 0.05) is 24.0 Å². The van der Waals surface area contributed by atoms with Gasteiger partial charge in [0.1, 0.15) is 0 Å². The van der Waals surface area contributed by atoms with E-state index in [2.05, 4.69) is 43.1 Å². The molecule has 1 aromatic carbocycles. The molecule has 0 aliphatic rings. The maximum Gasteiger partial charge on any atom is 0.0347 e. The lowest BCUT2D eigenvalue weighted by atomic mass is 9.97. The fourth-order valence-electron chi connectivity index (χ4n) is 1.73. The molecule has 69 valence electrons. The van der Waals surface area contributed by atoms with E-state index < -0.39 is 0 Å². The lowest BCUT2D eigenvalue weighted by Gasteiger charge is -2.08. The Morgan fingerprint density at radius 2 is 1.86 bits per heavy atom. The van der Waals surface area contributed by atoms with Gasteiger partial charge in [0.05, 0.1) is 0 Å². The lowest BCUT2D eigenvalue weighted by Crippen LogP contribution is -1.87. The minimum absolute atomic E-state index is 1.14. The summed E-state index contributed by atoms with van der Waals surface area (Å²) in [5.74, 6) is 0. The highest BCUT2D eigenvalue weighted by atomic mass is 14.6. The summed E-state index contributed by atoms with van der Waals surface area (Å²) >= 11 is 0. The maximum absolute atomic E-state index is 4.09. The fraction of sp³-hybridized carbons (Fsp3) is 0.154. The highest BCUT2D eigenvalue weighted by Crippen LogP contribution is 2.25. The number of pyridine rings is 1. The molecule has 0 spiro atoms. The molecule has 14 heavy (non-hydrogen) atoms. The molecule has 0 atom stereocenters. The predicted octanol–water partition coefficient (Wildman–Crippen LogP) is 3.17. The lowest BCUT2D eigenvalue weighted by molar-refractivity contribution is 1.30. The van der Waals surface area contributed by atoms with Crippen molar-refractivity contribution in [3.05, 3.63) is 53.9 Å². The van der Waals surface area contributed by atoms with Crippen molar-refractivity contribution in [3.63, 3.8) is 0 Å². The average molecular weight is 182 g/mol. The largest absolute Gasteiger partial charge is 0.263 e. The van der Waals surface area contributed by atoms with Gasteiger partial charge in [-0.2, -0.15) is 0 Å². The molecule has 1 nitrogen and oxygen atoms in total. The molecular formula is C13H12N. The van der Waals surface area contributed by atoms with Crippen LogP contribution in [0.3, 0.4) is 0 Å². The zero-order chi connectivity index (χ0) is 9.97. The van der Waals surface area contributed by atoms with Gasteiger partial charge in [-0.25, -0.2) is 0 Å². The van der Waals surface area contributed by atoms with Crippen LogP contribution in [0.4, 0.5) is 0 Å². The molecule has 0 bridgehead atoms. The van der Waals surface area contributed by atoms with Crippen LogP contribution in [0.25, 0.3) is 11.1 Å². The molecule has 0 unspecified atom stereocenters. The van der Waals surface area contributed by atoms with Gasteiger partial charge in [-0.05, 0) is 36.6 Å². The van der Waals surface area contributed by atoms with Gasteiger partial charge in [0.2, 0.25) is 0 Å². The summed E-state index contributed by atoms with van der Waals surface area (Å²) in [6.45, 7) is 4.24. The molecule has 1 aromatic heterocycles. The van der Waals surface area contributed by atoms with E-state index in [1.165, 1.54) is 16.7 Å². The van der Waals surface area contributed by atoms with Crippen LogP contribution in [0.1, 0.15) is 11.1 Å². The van der Waals surface area contributed by atoms with Crippen molar-refractivity contribution in [2.24, 2.45) is 0 Å². The quantitative estimate of drug-likeness (QED) is 0.660. The molecule has 2 aromatic rings. The summed E-state index contributed by atoms with van der Waals surface area (Å²) in [7, 11) is 0. The Balaban J connectivity index is 2.63. The zero-order valence-electron chi connectivity index (χ0n) is 8.41. The Bertz CT molecular complexity index is 412. The van der Waals surface area contributed by atoms with Crippen molar-refractivity contribution in [3.8, 4) is 11.1 Å². The molecule has 0 saturated heterocycles. The topological polar surface area (TPSA) is 12.9 Å². The van der Waals surface area contributed by atoms with Crippen LogP contribution in [-0.2, 0) is 0 Å². The SMILES string of the molecule is Cc1cccc(C)c1-c1c[c]cnc1. The predicted molar refractivity (Wildman–Crippen MR) is 58.0 cm³/mol. The zero-order valence-corrected chi connectivity index (χ0v) is 8.41. The normalized spacial score (nSPS) is 10.1. The van der Waals surface area contributed by atoms with Gasteiger partial charge < -0.3 is 0 Å². The smallest absolute Gasteiger partial charge is 0.0347 e. The Kier molecular flexibility index (Phi) is 2.32. The number of rotatable bonds is 1. The van der Waals surface area contributed by atoms with Crippen molar-refractivity contribution in [1.82, 2.24) is 4.98 Å². The van der Waals surface area contributed by atoms with E-state index in [0.29, 0.717) is 0 Å². The average Bonchev–Trinajstić information content (AvgIpc) is 2.19. The van der Waals surface area contributed by atoms with Gasteiger partial charge in [0.15, 0.2) is 0 Å². The number of aryl methyl sites for hydroxylation is 2. The Hall–Kier alpha value is -1.63. The first-order valence-corrected chi connectivity index (χ1v) is 4.67. The number of nitrogens with zero attached hydrogens (tertiary/aromatic N) is 1. The maximum atomic E-state index is 4.09. The van der Waals surface area contributed by atoms with E-state index in [-0.39, 0.29) is 0 Å². The molecular weight excluding hydrogens is 170 g/mol. The molecule has 1 heteroatoms. The Morgan fingerprint density at radius 1 is 1.14 bits per heavy atom. The molecule has 0 N–H and O–H groups in total. The highest BCUT2D eigenvalue weighted by Gasteiger charge is 2.03. The third-order valence-corrected chi connectivity index (χ3v) is 2.37. The number of hydrogen-bond acceptors (Lipinski definition) is 1. The standard InChI is InChI=1S/C13H12N/c1-10-5-3-6-11(2)13(10)12-7-4-8-14-9-12/h3,5-9H,1-2H3. The van der Waals surface area contributed by atoms with Crippen molar-refractivity contribution in [2.45, 2.75) is 13.8 Å². The van der Waals surface area contributed by atoms with Crippen LogP contribution in [0, 0.1) is 19.9 Å². The first-order valence-electron chi connectivity index (χ1n) is 4.67. The van der Waals surface area contributed by atoms with Gasteiger partial charge in [-0.1, -0.05) is 18.2 Å². The molecule has 2 rings (SSSR count). The van der Waals surface area contributed by atoms with Crippen LogP contribution in [0.2, 0.25) is 0 Å². The van der Waals surface area contributed by atoms with E-state index in [1.807, 2.05) is 12.3 Å². The van der Waals surface area contributed by atoms with E-state index in [0.717, 1.165) is 5.56 Å². The van der Waals surface area contributed by atoms with Gasteiger partial charge in [-0.15, -0.1) is 0 Å². The Labute approximate surface area is 84.4 Å². The summed E-state index contributed by atoms with van der Waals surface area (Å²) in [4.78, 5) is 4.09. The summed E-state index contributed by atoms with van der Waals surface area (Å²) in [6.07, 6.45) is 3.56. The van der Waals surface area contributed by atoms with E-state index in [9.17, 15) is 0 Å². The second kappa shape index (κ2) is 3.62. The van der Waals surface area contributed by atoms with Crippen LogP contribution < -0.4 is 0 Å². The minimum Gasteiger partial charge on any atom is -0.263 e. The van der Waals surface area contributed by atoms with Crippen molar-refractivity contribution >= 4 is 0 Å². The molecule has 0 saturated carbocycles. The first-order chi connectivity index (χ1) is 6.79. The summed E-state index contributed by atoms with van der Waals surface area (Å²) in [6, 6.07) is 11.3. The fourth-order valence-corrected chi connectivity index (χ4v) is 1.73. The third-order valence-electron chi connectivity index (χ3n) is 2.37. The molecule has 0 aliphatic heterocycles. The number of aromatic nitrogens is 1. The second-order valence-corrected chi connectivity index (χ2v) is 3.44. The van der Waals surface area contributed by atoms with Crippen molar-refractivity contribution in [2.75, 3.05) is 0 Å². The number of benzene rings is 1. The number of hydrogen-bond donors (Lipinski definition) is 0. The van der Waals surface area contributed by atoms with Gasteiger partial charge >= 0.3 is 0 Å². The van der Waals surface area contributed by atoms with Crippen LogP contribution >= 0.6 is 0 Å². The minimum atomic E-state index is 1.14. The van der Waals surface area contributed by atoms with Crippen LogP contribution in [0.5, 0.6) is 0 Å². The van der Waals surface area contributed by atoms with Crippen LogP contribution in [0.15, 0.2) is 36.7 Å². The van der Waals surface area contributed by atoms with Gasteiger partial charge in [-0.3, -0.25) is 4.98 Å². The molecule has 0 fully saturated rings. The van der Waals surface area contributed by atoms with Gasteiger partial charge in [0.25, 0.3) is 0 Å². The molecule has 1 radical (unpaired) electrons. The molecule has 1 heterocycles. The van der Waals surface area contributed by atoms with Crippen LogP contribution in [-0.4, -0.2) is 4.98 Å². The summed E-state index contributed by atoms with van der Waals surface area (Å²) in [5.41, 5.74) is 4.98. The monoisotopic (exact) mass is 182 g/mol. The molecule has 0 aliphatic carbocycles. The van der Waals surface area contributed by atoms with E-state index in [4.69, 9.17) is 0 Å². The van der Waals surface area contributed by atoms with E-state index in [1.54, 1.807) is 6.20 Å². The molecule has 0 amide bonds. The highest BCUT2D eigenvalue weighted by molar-refractivity contribution is 5.69. The van der Waals surface area contributed by atoms with Crippen molar-refractivity contribution in [1.29, 1.82) is 0 Å².